The van der Waals surface area contributed by atoms with E-state index in [0.717, 1.165) is 10.9 Å². The molecule has 0 N–H and O–H groups in total. The fourth-order valence-corrected chi connectivity index (χ4v) is 2.65. The minimum absolute atomic E-state index is 0.357. The number of Topliss-reactive ketones (excluding diaryl/α,β-unsaturated/α-hetero) is 1. The highest BCUT2D eigenvalue weighted by Gasteiger charge is 2.18. The van der Waals surface area contributed by atoms with E-state index in [1.807, 2.05) is 0 Å². The van der Waals surface area contributed by atoms with Gasteiger partial charge in [0.05, 0.1) is 0 Å². The van der Waals surface area contributed by atoms with Crippen molar-refractivity contribution in [2.24, 2.45) is 0 Å². The Morgan fingerprint density at radius 1 is 1.31 bits per heavy atom. The molecular weight excluding hydrogens is 343 g/mol. The van der Waals surface area contributed by atoms with Crippen molar-refractivity contribution in [1.82, 2.24) is 0 Å². The van der Waals surface area contributed by atoms with Crippen LogP contribution >= 0.6 is 38.5 Å². The van der Waals surface area contributed by atoms with Gasteiger partial charge in [0.25, 0.3) is 0 Å². The Morgan fingerprint density at radius 2 is 2.08 bits per heavy atom. The molecule has 13 heavy (non-hydrogen) atoms. The highest BCUT2D eigenvalue weighted by Crippen LogP contribution is 2.30. The summed E-state index contributed by atoms with van der Waals surface area (Å²) in [5, 5.41) is 0. The van der Waals surface area contributed by atoms with Crippen molar-refractivity contribution >= 4 is 44.3 Å². The first-order chi connectivity index (χ1) is 6.18. The lowest BCUT2D eigenvalue weighted by Gasteiger charge is -2.16. The van der Waals surface area contributed by atoms with Gasteiger partial charge in [0, 0.05) is 20.9 Å². The molecule has 2 rings (SSSR count). The summed E-state index contributed by atoms with van der Waals surface area (Å²) in [5.74, 6) is 0.357. The summed E-state index contributed by atoms with van der Waals surface area (Å²) in [5.41, 5.74) is 2.52. The molecule has 1 aliphatic rings. The molecule has 68 valence electrons. The number of fused-ring (bicyclic) bond motifs is 1. The third-order valence-electron chi connectivity index (χ3n) is 2.34. The molecule has 0 heterocycles. The van der Waals surface area contributed by atoms with Crippen LogP contribution in [0, 0.1) is 3.57 Å². The molecule has 1 aromatic carbocycles. The minimum atomic E-state index is 0.357. The van der Waals surface area contributed by atoms with Crippen LogP contribution in [0.5, 0.6) is 0 Å². The van der Waals surface area contributed by atoms with Crippen LogP contribution in [0.3, 0.4) is 0 Å². The number of carbonyl (C=O) groups excluding carboxylic acids is 1. The van der Waals surface area contributed by atoms with Gasteiger partial charge in [-0.3, -0.25) is 4.79 Å². The number of rotatable bonds is 0. The van der Waals surface area contributed by atoms with Gasteiger partial charge in [-0.25, -0.2) is 0 Å². The standard InChI is InChI=1S/C10H8BrIO/c11-10-8-5-7(13)3-1-6(8)2-4-9(10)12/h2,4H,1,3,5H2. The van der Waals surface area contributed by atoms with Crippen molar-refractivity contribution in [3.05, 3.63) is 31.3 Å². The molecule has 0 aliphatic heterocycles. The second-order valence-corrected chi connectivity index (χ2v) is 5.17. The van der Waals surface area contributed by atoms with E-state index in [1.54, 1.807) is 0 Å². The van der Waals surface area contributed by atoms with Crippen LogP contribution in [0.15, 0.2) is 16.6 Å². The van der Waals surface area contributed by atoms with Crippen LogP contribution in [0.4, 0.5) is 0 Å². The van der Waals surface area contributed by atoms with E-state index in [2.05, 4.69) is 50.7 Å². The summed E-state index contributed by atoms with van der Waals surface area (Å²) in [6.07, 6.45) is 2.22. The third-order valence-corrected chi connectivity index (χ3v) is 4.89. The van der Waals surface area contributed by atoms with E-state index < -0.39 is 0 Å². The lowest BCUT2D eigenvalue weighted by molar-refractivity contribution is -0.118. The lowest BCUT2D eigenvalue weighted by Crippen LogP contribution is -2.14. The average Bonchev–Trinajstić information content (AvgIpc) is 2.12. The molecule has 0 radical (unpaired) electrons. The van der Waals surface area contributed by atoms with Gasteiger partial charge >= 0.3 is 0 Å². The van der Waals surface area contributed by atoms with E-state index >= 15 is 0 Å². The van der Waals surface area contributed by atoms with E-state index in [1.165, 1.54) is 14.7 Å². The maximum atomic E-state index is 11.3. The normalized spacial score (nSPS) is 15.7. The van der Waals surface area contributed by atoms with Gasteiger partial charge in [-0.05, 0) is 62.1 Å². The second kappa shape index (κ2) is 3.69. The molecular formula is C10H8BrIO. The van der Waals surface area contributed by atoms with E-state index in [9.17, 15) is 4.79 Å². The first kappa shape index (κ1) is 9.65. The van der Waals surface area contributed by atoms with Crippen LogP contribution in [0.2, 0.25) is 0 Å². The van der Waals surface area contributed by atoms with Crippen LogP contribution in [0.1, 0.15) is 17.5 Å². The molecule has 3 heteroatoms. The first-order valence-electron chi connectivity index (χ1n) is 4.16. The van der Waals surface area contributed by atoms with Gasteiger partial charge < -0.3 is 0 Å². The number of hydrogen-bond acceptors (Lipinski definition) is 1. The van der Waals surface area contributed by atoms with Gasteiger partial charge in [-0.15, -0.1) is 0 Å². The second-order valence-electron chi connectivity index (χ2n) is 3.21. The van der Waals surface area contributed by atoms with Crippen LogP contribution in [-0.4, -0.2) is 5.78 Å². The zero-order chi connectivity index (χ0) is 9.42. The summed E-state index contributed by atoms with van der Waals surface area (Å²) in [6.45, 7) is 0. The lowest BCUT2D eigenvalue weighted by atomic mass is 9.91. The highest BCUT2D eigenvalue weighted by atomic mass is 127. The molecule has 0 bridgehead atoms. The largest absolute Gasteiger partial charge is 0.299 e. The fraction of sp³-hybridized carbons (Fsp3) is 0.300. The van der Waals surface area contributed by atoms with E-state index in [4.69, 9.17) is 0 Å². The number of aryl methyl sites for hydroxylation is 1. The number of benzene rings is 1. The molecule has 0 spiro atoms. The zero-order valence-corrected chi connectivity index (χ0v) is 10.7. The Hall–Kier alpha value is 0.1000. The van der Waals surface area contributed by atoms with Gasteiger partial charge in [-0.1, -0.05) is 6.07 Å². The van der Waals surface area contributed by atoms with Gasteiger partial charge in [0.1, 0.15) is 5.78 Å². The summed E-state index contributed by atoms with van der Waals surface area (Å²) in [6, 6.07) is 4.23. The Kier molecular flexibility index (Phi) is 2.74. The van der Waals surface area contributed by atoms with Crippen molar-refractivity contribution in [2.45, 2.75) is 19.3 Å². The van der Waals surface area contributed by atoms with Gasteiger partial charge in [0.15, 0.2) is 0 Å². The zero-order valence-electron chi connectivity index (χ0n) is 6.94. The SMILES string of the molecule is O=C1CCc2ccc(I)c(Br)c2C1. The summed E-state index contributed by atoms with van der Waals surface area (Å²) < 4.78 is 2.30. The molecule has 0 saturated carbocycles. The minimum Gasteiger partial charge on any atom is -0.299 e. The summed E-state index contributed by atoms with van der Waals surface area (Å²) in [7, 11) is 0. The number of halogens is 2. The number of carbonyl (C=O) groups is 1. The maximum Gasteiger partial charge on any atom is 0.137 e. The Bertz CT molecular complexity index is 373. The molecule has 0 amide bonds. The third kappa shape index (κ3) is 1.81. The van der Waals surface area contributed by atoms with E-state index in [-0.39, 0.29) is 0 Å². The molecule has 1 nitrogen and oxygen atoms in total. The number of ketones is 1. The summed E-state index contributed by atoms with van der Waals surface area (Å²) in [4.78, 5) is 11.3. The Balaban J connectivity index is 2.54. The Morgan fingerprint density at radius 3 is 2.85 bits per heavy atom. The molecule has 0 saturated heterocycles. The smallest absolute Gasteiger partial charge is 0.137 e. The molecule has 0 fully saturated rings. The topological polar surface area (TPSA) is 17.1 Å². The average molecular weight is 351 g/mol. The molecule has 0 aromatic heterocycles. The highest BCUT2D eigenvalue weighted by molar-refractivity contribution is 14.1. The van der Waals surface area contributed by atoms with Crippen molar-refractivity contribution in [1.29, 1.82) is 0 Å². The van der Waals surface area contributed by atoms with Crippen LogP contribution in [-0.2, 0) is 17.6 Å². The van der Waals surface area contributed by atoms with Crippen molar-refractivity contribution in [3.8, 4) is 0 Å². The maximum absolute atomic E-state index is 11.3. The molecule has 1 aromatic rings. The van der Waals surface area contributed by atoms with Crippen LogP contribution in [0.25, 0.3) is 0 Å². The van der Waals surface area contributed by atoms with Crippen LogP contribution < -0.4 is 0 Å². The predicted molar refractivity (Wildman–Crippen MR) is 63.9 cm³/mol. The molecule has 0 atom stereocenters. The quantitative estimate of drug-likeness (QED) is 0.657. The van der Waals surface area contributed by atoms with Gasteiger partial charge in [0.2, 0.25) is 0 Å². The fourth-order valence-electron chi connectivity index (χ4n) is 1.62. The first-order valence-corrected chi connectivity index (χ1v) is 6.03. The Labute approximate surface area is 99.2 Å². The van der Waals surface area contributed by atoms with Crippen molar-refractivity contribution < 1.29 is 4.79 Å². The monoisotopic (exact) mass is 350 g/mol. The summed E-state index contributed by atoms with van der Waals surface area (Å²) >= 11 is 5.81. The predicted octanol–water partition coefficient (Wildman–Crippen LogP) is 3.11. The molecule has 1 aliphatic carbocycles. The number of hydrogen-bond donors (Lipinski definition) is 0. The van der Waals surface area contributed by atoms with Crippen molar-refractivity contribution in [3.63, 3.8) is 0 Å². The molecule has 0 unspecified atom stereocenters. The van der Waals surface area contributed by atoms with Gasteiger partial charge in [-0.2, -0.15) is 0 Å². The van der Waals surface area contributed by atoms with E-state index in [0.29, 0.717) is 18.6 Å². The van der Waals surface area contributed by atoms with Crippen molar-refractivity contribution in [2.75, 3.05) is 0 Å².